The monoisotopic (exact) mass is 190 g/mol. The molecule has 0 N–H and O–H groups in total. The van der Waals surface area contributed by atoms with Gasteiger partial charge >= 0.3 is 0 Å². The normalized spacial score (nSPS) is 10.2. The van der Waals surface area contributed by atoms with Crippen LogP contribution in [0, 0.1) is 0 Å². The molecule has 1 aromatic heterocycles. The van der Waals surface area contributed by atoms with Gasteiger partial charge in [0.25, 0.3) is 0 Å². The summed E-state index contributed by atoms with van der Waals surface area (Å²) in [7, 11) is 0. The summed E-state index contributed by atoms with van der Waals surface area (Å²) < 4.78 is 1.47. The lowest BCUT2D eigenvalue weighted by molar-refractivity contribution is 1.39. The van der Waals surface area contributed by atoms with Gasteiger partial charge in [0, 0.05) is 4.90 Å². The van der Waals surface area contributed by atoms with Gasteiger partial charge in [0.05, 0.1) is 4.21 Å². The molecule has 0 atom stereocenters. The largest absolute Gasteiger partial charge is 0.136 e. The smallest absolute Gasteiger partial charge is 0.0734 e. The molecule has 0 bridgehead atoms. The maximum atomic E-state index is 2.19. The van der Waals surface area contributed by atoms with Crippen LogP contribution in [-0.4, -0.2) is 12.0 Å². The van der Waals surface area contributed by atoms with Gasteiger partial charge < -0.3 is 0 Å². The van der Waals surface area contributed by atoms with E-state index < -0.39 is 0 Å². The number of thioether (sulfide) groups is 2. The van der Waals surface area contributed by atoms with Crippen LogP contribution in [0.4, 0.5) is 0 Å². The topological polar surface area (TPSA) is 0 Å². The van der Waals surface area contributed by atoms with Crippen molar-refractivity contribution in [1.29, 1.82) is 0 Å². The maximum absolute atomic E-state index is 2.19. The Balaban J connectivity index is 2.70. The van der Waals surface area contributed by atoms with Crippen LogP contribution < -0.4 is 0 Å². The van der Waals surface area contributed by atoms with Gasteiger partial charge in [-0.15, -0.1) is 34.9 Å². The summed E-state index contributed by atoms with van der Waals surface area (Å²) in [5.41, 5.74) is 0. The molecule has 0 saturated heterocycles. The van der Waals surface area contributed by atoms with Crippen molar-refractivity contribution in [3.05, 3.63) is 11.4 Å². The van der Waals surface area contributed by atoms with Gasteiger partial charge in [0.1, 0.15) is 0 Å². The molecule has 56 valence electrons. The Labute approximate surface area is 74.4 Å². The SMILES string of the molecule is CCSc1sccc1SC. The highest BCUT2D eigenvalue weighted by molar-refractivity contribution is 8.03. The first-order valence-electron chi connectivity index (χ1n) is 3.12. The van der Waals surface area contributed by atoms with Crippen molar-refractivity contribution in [2.24, 2.45) is 0 Å². The molecule has 0 amide bonds. The summed E-state index contributed by atoms with van der Waals surface area (Å²) >= 11 is 5.60. The summed E-state index contributed by atoms with van der Waals surface area (Å²) in [6.07, 6.45) is 2.13. The highest BCUT2D eigenvalue weighted by Gasteiger charge is 2.00. The van der Waals surface area contributed by atoms with Gasteiger partial charge in [0.15, 0.2) is 0 Å². The third-order valence-corrected chi connectivity index (χ3v) is 4.25. The van der Waals surface area contributed by atoms with Crippen LogP contribution in [0.25, 0.3) is 0 Å². The van der Waals surface area contributed by atoms with Gasteiger partial charge in [-0.25, -0.2) is 0 Å². The number of rotatable bonds is 3. The Morgan fingerprint density at radius 2 is 2.40 bits per heavy atom. The number of hydrogen-bond acceptors (Lipinski definition) is 3. The van der Waals surface area contributed by atoms with Crippen LogP contribution in [0.15, 0.2) is 20.6 Å². The molecule has 0 radical (unpaired) electrons. The van der Waals surface area contributed by atoms with Gasteiger partial charge in [-0.1, -0.05) is 6.92 Å². The summed E-state index contributed by atoms with van der Waals surface area (Å²) in [4.78, 5) is 1.43. The molecule has 0 aliphatic heterocycles. The Morgan fingerprint density at radius 1 is 1.60 bits per heavy atom. The van der Waals surface area contributed by atoms with Crippen molar-refractivity contribution in [3.63, 3.8) is 0 Å². The molecule has 0 nitrogen and oxygen atoms in total. The predicted molar refractivity (Wildman–Crippen MR) is 52.5 cm³/mol. The third kappa shape index (κ3) is 1.94. The van der Waals surface area contributed by atoms with E-state index in [-0.39, 0.29) is 0 Å². The van der Waals surface area contributed by atoms with Gasteiger partial charge in [-0.2, -0.15) is 0 Å². The van der Waals surface area contributed by atoms with E-state index in [0.717, 1.165) is 0 Å². The molecule has 0 fully saturated rings. The van der Waals surface area contributed by atoms with Crippen LogP contribution >= 0.6 is 34.9 Å². The highest BCUT2D eigenvalue weighted by atomic mass is 32.2. The molecule has 3 heteroatoms. The molecule has 0 saturated carbocycles. The van der Waals surface area contributed by atoms with E-state index in [1.807, 2.05) is 34.9 Å². The fourth-order valence-electron chi connectivity index (χ4n) is 0.671. The minimum atomic E-state index is 1.17. The summed E-state index contributed by atoms with van der Waals surface area (Å²) in [5, 5.41) is 2.16. The molecular formula is C7H10S3. The first kappa shape index (κ1) is 8.50. The predicted octanol–water partition coefficient (Wildman–Crippen LogP) is 3.58. The average Bonchev–Trinajstić information content (AvgIpc) is 2.36. The minimum Gasteiger partial charge on any atom is -0.136 e. The van der Waals surface area contributed by atoms with E-state index in [4.69, 9.17) is 0 Å². The minimum absolute atomic E-state index is 1.17. The number of hydrogen-bond donors (Lipinski definition) is 0. The molecule has 1 aromatic rings. The molecule has 1 heterocycles. The average molecular weight is 190 g/mol. The van der Waals surface area contributed by atoms with E-state index in [1.54, 1.807) is 0 Å². The Morgan fingerprint density at radius 3 is 3.00 bits per heavy atom. The van der Waals surface area contributed by atoms with E-state index in [9.17, 15) is 0 Å². The zero-order valence-electron chi connectivity index (χ0n) is 6.09. The zero-order chi connectivity index (χ0) is 7.40. The van der Waals surface area contributed by atoms with Crippen molar-refractivity contribution in [3.8, 4) is 0 Å². The molecule has 0 unspecified atom stereocenters. The summed E-state index contributed by atoms with van der Waals surface area (Å²) in [6.45, 7) is 2.19. The molecule has 0 aliphatic rings. The summed E-state index contributed by atoms with van der Waals surface area (Å²) in [6, 6.07) is 2.19. The lowest BCUT2D eigenvalue weighted by Crippen LogP contribution is -1.67. The van der Waals surface area contributed by atoms with E-state index >= 15 is 0 Å². The number of thiophene rings is 1. The second-order valence-corrected chi connectivity index (χ2v) is 5.01. The van der Waals surface area contributed by atoms with Crippen molar-refractivity contribution in [2.45, 2.75) is 16.0 Å². The lowest BCUT2D eigenvalue weighted by Gasteiger charge is -1.95. The highest BCUT2D eigenvalue weighted by Crippen LogP contribution is 2.33. The first-order valence-corrected chi connectivity index (χ1v) is 6.21. The Kier molecular flexibility index (Phi) is 3.66. The molecule has 10 heavy (non-hydrogen) atoms. The maximum Gasteiger partial charge on any atom is 0.0734 e. The Hall–Kier alpha value is 0.400. The van der Waals surface area contributed by atoms with Crippen LogP contribution in [0.3, 0.4) is 0 Å². The van der Waals surface area contributed by atoms with Gasteiger partial charge in [0.2, 0.25) is 0 Å². The first-order chi connectivity index (χ1) is 4.88. The van der Waals surface area contributed by atoms with Crippen LogP contribution in [-0.2, 0) is 0 Å². The second kappa shape index (κ2) is 4.31. The van der Waals surface area contributed by atoms with Crippen molar-refractivity contribution < 1.29 is 0 Å². The van der Waals surface area contributed by atoms with Gasteiger partial charge in [-0.05, 0) is 23.5 Å². The quantitative estimate of drug-likeness (QED) is 0.668. The van der Waals surface area contributed by atoms with Crippen molar-refractivity contribution >= 4 is 34.9 Å². The molecular weight excluding hydrogens is 180 g/mol. The third-order valence-electron chi connectivity index (χ3n) is 1.09. The Bertz CT molecular complexity index is 192. The van der Waals surface area contributed by atoms with Crippen LogP contribution in [0.1, 0.15) is 6.92 Å². The van der Waals surface area contributed by atoms with Crippen LogP contribution in [0.5, 0.6) is 0 Å². The molecule has 0 aliphatic carbocycles. The van der Waals surface area contributed by atoms with Crippen molar-refractivity contribution in [1.82, 2.24) is 0 Å². The van der Waals surface area contributed by atoms with Crippen LogP contribution in [0.2, 0.25) is 0 Å². The lowest BCUT2D eigenvalue weighted by atomic mass is 10.7. The summed E-state index contributed by atoms with van der Waals surface area (Å²) in [5.74, 6) is 1.17. The fraction of sp³-hybridized carbons (Fsp3) is 0.429. The molecule has 0 aromatic carbocycles. The molecule has 1 rings (SSSR count). The van der Waals surface area contributed by atoms with Crippen molar-refractivity contribution in [2.75, 3.05) is 12.0 Å². The van der Waals surface area contributed by atoms with E-state index in [0.29, 0.717) is 0 Å². The zero-order valence-corrected chi connectivity index (χ0v) is 8.54. The second-order valence-electron chi connectivity index (χ2n) is 1.71. The fourth-order valence-corrected chi connectivity index (χ4v) is 3.73. The van der Waals surface area contributed by atoms with E-state index in [2.05, 4.69) is 24.6 Å². The van der Waals surface area contributed by atoms with E-state index in [1.165, 1.54) is 14.9 Å². The standard InChI is InChI=1S/C7H10S3/c1-3-9-7-6(8-2)4-5-10-7/h4-5H,3H2,1-2H3. The van der Waals surface area contributed by atoms with Gasteiger partial charge in [-0.3, -0.25) is 0 Å². The molecule has 0 spiro atoms.